The summed E-state index contributed by atoms with van der Waals surface area (Å²) >= 11 is 0. The molecule has 2 rings (SSSR count). The lowest BCUT2D eigenvalue weighted by molar-refractivity contribution is 0.514. The molecule has 0 aliphatic carbocycles. The monoisotopic (exact) mass is 1290 g/mol. The highest BCUT2D eigenvalue weighted by atomic mass is 14.8. The van der Waals surface area contributed by atoms with E-state index in [-0.39, 0.29) is 0 Å². The molecule has 0 saturated heterocycles. The molecule has 0 fully saturated rings. The summed E-state index contributed by atoms with van der Waals surface area (Å²) < 4.78 is 0. The summed E-state index contributed by atoms with van der Waals surface area (Å²) in [5, 5.41) is 0. The van der Waals surface area contributed by atoms with Crippen LogP contribution in [0.4, 0.5) is 11.4 Å². The highest BCUT2D eigenvalue weighted by Gasteiger charge is 2.12. The van der Waals surface area contributed by atoms with Gasteiger partial charge < -0.3 is 0 Å². The molecule has 0 N–H and O–H groups in total. The van der Waals surface area contributed by atoms with Crippen LogP contribution in [0, 0.1) is 23.7 Å². The van der Waals surface area contributed by atoms with E-state index in [1.165, 1.54) is 390 Å². The van der Waals surface area contributed by atoms with Gasteiger partial charge in [-0.15, -0.1) is 23.7 Å². The SMILES string of the molecule is CCCCCCCCC#CCCc1ccccc1N=C(C=CCCCCCCCCCCCCCCCCCCCCCC)C(CCCCCCCCCCCCCCCCCCCCCCCCCCCCCC)=Nc1ccccc1CCC#CCCCCCCCC. The predicted molar refractivity (Wildman–Crippen MR) is 427 cm³/mol. The number of aryl methyl sites for hydroxylation is 2. The molecule has 0 aliphatic heterocycles. The molecular formula is C92H158N2. The minimum atomic E-state index is 0.878. The van der Waals surface area contributed by atoms with E-state index in [4.69, 9.17) is 9.98 Å². The van der Waals surface area contributed by atoms with Crippen LogP contribution in [-0.4, -0.2) is 11.4 Å². The lowest BCUT2D eigenvalue weighted by Gasteiger charge is -2.12. The molecule has 0 atom stereocenters. The number of hydrogen-bond acceptors (Lipinski definition) is 2. The number of nitrogens with zero attached hydrogens (tertiary/aromatic N) is 2. The molecular weight excluding hydrogens is 1130 g/mol. The topological polar surface area (TPSA) is 24.7 Å². The van der Waals surface area contributed by atoms with Crippen LogP contribution in [0.3, 0.4) is 0 Å². The van der Waals surface area contributed by atoms with Crippen LogP contribution in [0.25, 0.3) is 0 Å². The summed E-state index contributed by atoms with van der Waals surface area (Å²) in [5.41, 5.74) is 6.96. The quantitative estimate of drug-likeness (QED) is 0.0358. The van der Waals surface area contributed by atoms with Crippen LogP contribution in [0.1, 0.15) is 463 Å². The lowest BCUT2D eigenvalue weighted by Crippen LogP contribution is -2.12. The fourth-order valence-electron chi connectivity index (χ4n) is 13.8. The fourth-order valence-corrected chi connectivity index (χ4v) is 13.8. The maximum absolute atomic E-state index is 5.68. The molecule has 2 heteroatoms. The minimum absolute atomic E-state index is 0.878. The van der Waals surface area contributed by atoms with Crippen molar-refractivity contribution in [1.82, 2.24) is 0 Å². The Morgan fingerprint density at radius 2 is 0.511 bits per heavy atom. The van der Waals surface area contributed by atoms with Gasteiger partial charge in [0.2, 0.25) is 0 Å². The summed E-state index contributed by atoms with van der Waals surface area (Å²) in [4.78, 5) is 11.3. The van der Waals surface area contributed by atoms with E-state index in [1.54, 1.807) is 0 Å². The highest BCUT2D eigenvalue weighted by Crippen LogP contribution is 2.27. The van der Waals surface area contributed by atoms with Crippen molar-refractivity contribution in [3.05, 3.63) is 71.8 Å². The second-order valence-corrected chi connectivity index (χ2v) is 29.3. The standard InChI is InChI=1S/C92H158N2/c1-5-9-13-17-21-25-29-31-33-35-37-39-41-42-43-44-45-46-48-50-52-54-56-58-62-66-70-74-86-92(94-90-84-78-76-82-88(90)80-72-68-64-60-28-24-20-16-12-8-4)91(93-89-83-77-75-81-87(89)79-71-67-63-59-27-23-19-15-11-7-3)85-73-69-65-61-57-55-53-51-49-47-40-38-36-34-32-30-26-22-18-14-10-6-2/h73,75-78,81-85H,5-62,65-66,69-72,74,79-80,86H2,1-4H3. The second-order valence-electron chi connectivity index (χ2n) is 29.3. The van der Waals surface area contributed by atoms with Crippen molar-refractivity contribution >= 4 is 22.8 Å². The van der Waals surface area contributed by atoms with Gasteiger partial charge in [-0.3, -0.25) is 4.99 Å². The summed E-state index contributed by atoms with van der Waals surface area (Å²) in [7, 11) is 0. The van der Waals surface area contributed by atoms with E-state index < -0.39 is 0 Å². The van der Waals surface area contributed by atoms with Gasteiger partial charge in [-0.25, -0.2) is 4.99 Å². The average molecular weight is 1290 g/mol. The number of benzene rings is 2. The first-order chi connectivity index (χ1) is 46.7. The Labute approximate surface area is 589 Å². The van der Waals surface area contributed by atoms with Crippen LogP contribution in [0.15, 0.2) is 70.7 Å². The largest absolute Gasteiger partial charge is 0.251 e. The molecule has 0 spiro atoms. The number of hydrogen-bond donors (Lipinski definition) is 0. The van der Waals surface area contributed by atoms with E-state index in [1.807, 2.05) is 0 Å². The molecule has 0 heterocycles. The lowest BCUT2D eigenvalue weighted by atomic mass is 10.0. The van der Waals surface area contributed by atoms with Crippen LogP contribution in [-0.2, 0) is 12.8 Å². The van der Waals surface area contributed by atoms with Crippen LogP contribution in [0.5, 0.6) is 0 Å². The molecule has 2 nitrogen and oxygen atoms in total. The van der Waals surface area contributed by atoms with Gasteiger partial charge in [-0.2, -0.15) is 0 Å². The fraction of sp³-hybridized carbons (Fsp3) is 0.783. The third kappa shape index (κ3) is 57.7. The Kier molecular flexibility index (Phi) is 66.8. The van der Waals surface area contributed by atoms with E-state index >= 15 is 0 Å². The van der Waals surface area contributed by atoms with Crippen molar-refractivity contribution in [2.24, 2.45) is 9.98 Å². The number of aliphatic imine (C=N–C) groups is 2. The van der Waals surface area contributed by atoms with Crippen LogP contribution < -0.4 is 0 Å². The molecule has 0 bridgehead atoms. The van der Waals surface area contributed by atoms with Gasteiger partial charge in [0, 0.05) is 25.7 Å². The minimum Gasteiger partial charge on any atom is -0.251 e. The number of allylic oxidation sites excluding steroid dienone is 2. The number of unbranched alkanes of at least 4 members (excludes halogenated alkanes) is 59. The maximum Gasteiger partial charge on any atom is 0.0848 e. The molecule has 0 aliphatic rings. The summed E-state index contributed by atoms with van der Waals surface area (Å²) in [6, 6.07) is 17.8. The van der Waals surface area contributed by atoms with Crippen molar-refractivity contribution in [2.75, 3.05) is 0 Å². The molecule has 0 radical (unpaired) electrons. The van der Waals surface area contributed by atoms with E-state index in [0.29, 0.717) is 0 Å². The Hall–Kier alpha value is -3.36. The predicted octanol–water partition coefficient (Wildman–Crippen LogP) is 32.0. The zero-order chi connectivity index (χ0) is 66.9. The average Bonchev–Trinajstić information content (AvgIpc) is 1.05. The molecule has 2 aromatic carbocycles. The molecule has 536 valence electrons. The Bertz CT molecular complexity index is 2110. The summed E-state index contributed by atoms with van der Waals surface area (Å²) in [5.74, 6) is 14.2. The van der Waals surface area contributed by atoms with Crippen molar-refractivity contribution in [2.45, 2.75) is 464 Å². The van der Waals surface area contributed by atoms with Gasteiger partial charge in [0.05, 0.1) is 22.8 Å². The van der Waals surface area contributed by atoms with Gasteiger partial charge in [0.1, 0.15) is 0 Å². The van der Waals surface area contributed by atoms with Crippen LogP contribution in [0.2, 0.25) is 0 Å². The zero-order valence-electron chi connectivity index (χ0n) is 63.8. The zero-order valence-corrected chi connectivity index (χ0v) is 63.8. The Morgan fingerprint density at radius 3 is 0.819 bits per heavy atom. The number of rotatable bonds is 70. The summed E-state index contributed by atoms with van der Waals surface area (Å²) in [6.07, 6.45) is 96.5. The van der Waals surface area contributed by atoms with Crippen molar-refractivity contribution < 1.29 is 0 Å². The molecule has 0 amide bonds. The van der Waals surface area contributed by atoms with Gasteiger partial charge in [-0.1, -0.05) is 430 Å². The van der Waals surface area contributed by atoms with E-state index in [0.717, 1.165) is 80.6 Å². The molecule has 2 aromatic rings. The first kappa shape index (κ1) is 86.7. The number of para-hydroxylation sites is 2. The third-order valence-electron chi connectivity index (χ3n) is 20.1. The molecule has 94 heavy (non-hydrogen) atoms. The van der Waals surface area contributed by atoms with Crippen molar-refractivity contribution in [3.8, 4) is 23.7 Å². The maximum atomic E-state index is 5.68. The van der Waals surface area contributed by atoms with E-state index in [2.05, 4.69) is 112 Å². The van der Waals surface area contributed by atoms with Gasteiger partial charge >= 0.3 is 0 Å². The second kappa shape index (κ2) is 72.4. The molecule has 0 aromatic heterocycles. The van der Waals surface area contributed by atoms with E-state index in [9.17, 15) is 0 Å². The Balaban J connectivity index is 2.01. The van der Waals surface area contributed by atoms with Gasteiger partial charge in [0.15, 0.2) is 0 Å². The van der Waals surface area contributed by atoms with Gasteiger partial charge in [-0.05, 0) is 80.7 Å². The highest BCUT2D eigenvalue weighted by molar-refractivity contribution is 6.47. The normalized spacial score (nSPS) is 11.9. The molecule has 0 saturated carbocycles. The smallest absolute Gasteiger partial charge is 0.0848 e. The van der Waals surface area contributed by atoms with Crippen molar-refractivity contribution in [1.29, 1.82) is 0 Å². The van der Waals surface area contributed by atoms with Gasteiger partial charge in [0.25, 0.3) is 0 Å². The molecule has 0 unspecified atom stereocenters. The van der Waals surface area contributed by atoms with Crippen molar-refractivity contribution in [3.63, 3.8) is 0 Å². The first-order valence-electron chi connectivity index (χ1n) is 42.6. The van der Waals surface area contributed by atoms with Crippen LogP contribution >= 0.6 is 0 Å². The third-order valence-corrected chi connectivity index (χ3v) is 20.1. The Morgan fingerprint density at radius 1 is 0.266 bits per heavy atom. The summed E-state index contributed by atoms with van der Waals surface area (Å²) in [6.45, 7) is 9.23. The first-order valence-corrected chi connectivity index (χ1v) is 42.6.